The lowest BCUT2D eigenvalue weighted by Gasteiger charge is -2.09. The van der Waals surface area contributed by atoms with Gasteiger partial charge in [0.15, 0.2) is 0 Å². The molecule has 0 aliphatic heterocycles. The molecule has 0 fully saturated rings. The van der Waals surface area contributed by atoms with Gasteiger partial charge in [-0.1, -0.05) is 23.9 Å². The number of nitrogens with zero attached hydrogens (tertiary/aromatic N) is 2. The van der Waals surface area contributed by atoms with E-state index in [4.69, 9.17) is 13.9 Å². The van der Waals surface area contributed by atoms with Crippen LogP contribution in [0, 0.1) is 0 Å². The van der Waals surface area contributed by atoms with Crippen molar-refractivity contribution in [3.63, 3.8) is 0 Å². The van der Waals surface area contributed by atoms with Gasteiger partial charge >= 0.3 is 5.97 Å². The molecule has 0 saturated carbocycles. The van der Waals surface area contributed by atoms with Gasteiger partial charge in [-0.2, -0.15) is 0 Å². The Morgan fingerprint density at radius 1 is 1.03 bits per heavy atom. The number of rotatable bonds is 9. The van der Waals surface area contributed by atoms with Crippen molar-refractivity contribution in [3.05, 3.63) is 54.1 Å². The first-order chi connectivity index (χ1) is 14.6. The summed E-state index contributed by atoms with van der Waals surface area (Å²) in [6.07, 6.45) is 0. The summed E-state index contributed by atoms with van der Waals surface area (Å²) in [5, 5.41) is 11.0. The van der Waals surface area contributed by atoms with Gasteiger partial charge < -0.3 is 19.2 Å². The second-order valence-electron chi connectivity index (χ2n) is 5.93. The number of carbonyl (C=O) groups is 2. The third-order valence-corrected chi connectivity index (χ3v) is 4.66. The molecule has 9 heteroatoms. The van der Waals surface area contributed by atoms with Crippen LogP contribution in [0.3, 0.4) is 0 Å². The van der Waals surface area contributed by atoms with Crippen LogP contribution in [0.2, 0.25) is 0 Å². The van der Waals surface area contributed by atoms with E-state index in [0.717, 1.165) is 23.1 Å². The number of anilines is 1. The highest BCUT2D eigenvalue weighted by Gasteiger charge is 2.15. The summed E-state index contributed by atoms with van der Waals surface area (Å²) in [6.45, 7) is 4.49. The Bertz CT molecular complexity index is 1000. The van der Waals surface area contributed by atoms with Gasteiger partial charge in [0.05, 0.1) is 30.2 Å². The van der Waals surface area contributed by atoms with Crippen LogP contribution >= 0.6 is 11.8 Å². The number of nitrogens with one attached hydrogen (secondary N) is 1. The molecule has 0 unspecified atom stereocenters. The van der Waals surface area contributed by atoms with E-state index in [9.17, 15) is 9.59 Å². The van der Waals surface area contributed by atoms with Crippen molar-refractivity contribution in [2.75, 3.05) is 24.3 Å². The van der Waals surface area contributed by atoms with Gasteiger partial charge in [0.25, 0.3) is 5.22 Å². The minimum Gasteiger partial charge on any atom is -0.494 e. The van der Waals surface area contributed by atoms with E-state index in [2.05, 4.69) is 15.5 Å². The molecule has 1 amide bonds. The molecular formula is C21H21N3O5S. The fourth-order valence-electron chi connectivity index (χ4n) is 2.54. The van der Waals surface area contributed by atoms with Gasteiger partial charge in [-0.05, 0) is 50.2 Å². The number of aromatic nitrogens is 2. The van der Waals surface area contributed by atoms with Gasteiger partial charge in [-0.3, -0.25) is 4.79 Å². The minimum atomic E-state index is -0.488. The van der Waals surface area contributed by atoms with E-state index in [1.807, 2.05) is 31.2 Å². The first-order valence-electron chi connectivity index (χ1n) is 9.36. The van der Waals surface area contributed by atoms with Gasteiger partial charge in [0.1, 0.15) is 5.75 Å². The average molecular weight is 427 g/mol. The number of thioether (sulfide) groups is 1. The summed E-state index contributed by atoms with van der Waals surface area (Å²) < 4.78 is 16.0. The fourth-order valence-corrected chi connectivity index (χ4v) is 3.10. The first kappa shape index (κ1) is 21.4. The Balaban J connectivity index is 1.58. The van der Waals surface area contributed by atoms with Crippen LogP contribution in [0.4, 0.5) is 5.69 Å². The topological polar surface area (TPSA) is 104 Å². The number of hydrogen-bond donors (Lipinski definition) is 1. The molecule has 3 rings (SSSR count). The van der Waals surface area contributed by atoms with Crippen LogP contribution in [0.25, 0.3) is 11.5 Å². The van der Waals surface area contributed by atoms with Crippen LogP contribution in [0.15, 0.2) is 58.2 Å². The molecule has 1 heterocycles. The highest BCUT2D eigenvalue weighted by molar-refractivity contribution is 7.99. The van der Waals surface area contributed by atoms with Crippen LogP contribution < -0.4 is 10.1 Å². The summed E-state index contributed by atoms with van der Waals surface area (Å²) in [7, 11) is 0. The SMILES string of the molecule is CCOC(=O)c1ccccc1NC(=O)CSc1nnc(-c2ccc(OCC)cc2)o1. The highest BCUT2D eigenvalue weighted by Crippen LogP contribution is 2.25. The molecule has 0 saturated heterocycles. The maximum absolute atomic E-state index is 12.3. The molecule has 0 radical (unpaired) electrons. The van der Waals surface area contributed by atoms with Crippen molar-refractivity contribution < 1.29 is 23.5 Å². The van der Waals surface area contributed by atoms with E-state index < -0.39 is 5.97 Å². The Morgan fingerprint density at radius 3 is 2.53 bits per heavy atom. The zero-order chi connectivity index (χ0) is 21.3. The lowest BCUT2D eigenvalue weighted by Crippen LogP contribution is -2.17. The van der Waals surface area contributed by atoms with Crippen molar-refractivity contribution in [2.45, 2.75) is 19.1 Å². The maximum Gasteiger partial charge on any atom is 0.340 e. The fraction of sp³-hybridized carbons (Fsp3) is 0.238. The Kier molecular flexibility index (Phi) is 7.45. The molecule has 0 bridgehead atoms. The average Bonchev–Trinajstić information content (AvgIpc) is 3.23. The summed E-state index contributed by atoms with van der Waals surface area (Å²) in [4.78, 5) is 24.3. The van der Waals surface area contributed by atoms with E-state index >= 15 is 0 Å². The summed E-state index contributed by atoms with van der Waals surface area (Å²) in [5.74, 6) is 0.362. The number of ether oxygens (including phenoxy) is 2. The van der Waals surface area contributed by atoms with Crippen LogP contribution in [0.5, 0.6) is 5.75 Å². The molecular weight excluding hydrogens is 406 g/mol. The Hall–Kier alpha value is -3.33. The molecule has 1 aromatic heterocycles. The molecule has 3 aromatic rings. The second-order valence-corrected chi connectivity index (χ2v) is 6.86. The number of carbonyl (C=O) groups excluding carboxylic acids is 2. The number of benzene rings is 2. The van der Waals surface area contributed by atoms with Gasteiger partial charge in [0.2, 0.25) is 11.8 Å². The van der Waals surface area contributed by atoms with Crippen molar-refractivity contribution in [3.8, 4) is 17.2 Å². The Labute approximate surface area is 178 Å². The molecule has 0 atom stereocenters. The molecule has 0 aliphatic rings. The smallest absolute Gasteiger partial charge is 0.340 e. The predicted octanol–water partition coefficient (Wildman–Crippen LogP) is 4.04. The lowest BCUT2D eigenvalue weighted by molar-refractivity contribution is -0.113. The molecule has 8 nitrogen and oxygen atoms in total. The van der Waals surface area contributed by atoms with Gasteiger partial charge in [0, 0.05) is 5.56 Å². The standard InChI is InChI=1S/C21H21N3O5S/c1-3-27-15-11-9-14(10-12-15)19-23-24-21(29-19)30-13-18(25)22-17-8-6-5-7-16(17)20(26)28-4-2/h5-12H,3-4,13H2,1-2H3,(H,22,25). The van der Waals surface area contributed by atoms with E-state index in [1.54, 1.807) is 31.2 Å². The molecule has 2 aromatic carbocycles. The zero-order valence-corrected chi connectivity index (χ0v) is 17.4. The second kappa shape index (κ2) is 10.4. The highest BCUT2D eigenvalue weighted by atomic mass is 32.2. The third kappa shape index (κ3) is 5.60. The van der Waals surface area contributed by atoms with E-state index in [-0.39, 0.29) is 23.5 Å². The summed E-state index contributed by atoms with van der Waals surface area (Å²) in [5.41, 5.74) is 1.45. The monoisotopic (exact) mass is 427 g/mol. The van der Waals surface area contributed by atoms with Gasteiger partial charge in [-0.25, -0.2) is 4.79 Å². The normalized spacial score (nSPS) is 10.5. The van der Waals surface area contributed by atoms with E-state index in [1.165, 1.54) is 0 Å². The van der Waals surface area contributed by atoms with Crippen molar-refractivity contribution in [1.82, 2.24) is 10.2 Å². The van der Waals surface area contributed by atoms with Crippen LogP contribution in [-0.4, -0.2) is 41.0 Å². The van der Waals surface area contributed by atoms with Crippen molar-refractivity contribution >= 4 is 29.3 Å². The molecule has 0 aliphatic carbocycles. The van der Waals surface area contributed by atoms with E-state index in [0.29, 0.717) is 23.7 Å². The zero-order valence-electron chi connectivity index (χ0n) is 16.6. The quantitative estimate of drug-likeness (QED) is 0.403. The summed E-state index contributed by atoms with van der Waals surface area (Å²) in [6, 6.07) is 14.0. The number of hydrogen-bond acceptors (Lipinski definition) is 8. The predicted molar refractivity (Wildman–Crippen MR) is 113 cm³/mol. The molecule has 30 heavy (non-hydrogen) atoms. The molecule has 0 spiro atoms. The number of amides is 1. The number of esters is 1. The van der Waals surface area contributed by atoms with Crippen molar-refractivity contribution in [2.24, 2.45) is 0 Å². The largest absolute Gasteiger partial charge is 0.494 e. The summed E-state index contributed by atoms with van der Waals surface area (Å²) >= 11 is 1.11. The Morgan fingerprint density at radius 2 is 1.80 bits per heavy atom. The lowest BCUT2D eigenvalue weighted by atomic mass is 10.2. The number of para-hydroxylation sites is 1. The first-order valence-corrected chi connectivity index (χ1v) is 10.3. The minimum absolute atomic E-state index is 0.0437. The van der Waals surface area contributed by atoms with Crippen LogP contribution in [0.1, 0.15) is 24.2 Å². The molecule has 1 N–H and O–H groups in total. The van der Waals surface area contributed by atoms with Gasteiger partial charge in [-0.15, -0.1) is 10.2 Å². The molecule has 156 valence electrons. The van der Waals surface area contributed by atoms with Crippen molar-refractivity contribution in [1.29, 1.82) is 0 Å². The third-order valence-electron chi connectivity index (χ3n) is 3.84. The van der Waals surface area contributed by atoms with Crippen LogP contribution in [-0.2, 0) is 9.53 Å². The maximum atomic E-state index is 12.3.